The summed E-state index contributed by atoms with van der Waals surface area (Å²) in [5, 5.41) is 15.5. The number of rotatable bonds is 5. The zero-order valence-corrected chi connectivity index (χ0v) is 12.3. The molecule has 0 spiro atoms. The zero-order valence-electron chi connectivity index (χ0n) is 11.5. The summed E-state index contributed by atoms with van der Waals surface area (Å²) in [7, 11) is 1.58. The first kappa shape index (κ1) is 15.0. The second-order valence-corrected chi connectivity index (χ2v) is 4.80. The van der Waals surface area contributed by atoms with E-state index in [1.54, 1.807) is 25.3 Å². The van der Waals surface area contributed by atoms with Crippen LogP contribution in [0.5, 0.6) is 5.75 Å². The number of nitrogens with one attached hydrogen (secondary N) is 1. The van der Waals surface area contributed by atoms with Gasteiger partial charge < -0.3 is 21.0 Å². The molecule has 0 aliphatic heterocycles. The molecular weight excluding hydrogens is 290 g/mol. The normalized spacial score (nSPS) is 11.2. The van der Waals surface area contributed by atoms with E-state index in [0.717, 1.165) is 11.3 Å². The molecule has 0 bridgehead atoms. The van der Waals surface area contributed by atoms with Crippen LogP contribution in [0.3, 0.4) is 0 Å². The first-order valence-corrected chi connectivity index (χ1v) is 6.66. The SMILES string of the molecule is COc1ccc(NCc2cccc(C(N)=NO)c2)cc1Cl. The molecular formula is C15H16ClN3O2. The van der Waals surface area contributed by atoms with Crippen LogP contribution in [-0.4, -0.2) is 18.2 Å². The summed E-state index contributed by atoms with van der Waals surface area (Å²) in [6.45, 7) is 0.592. The smallest absolute Gasteiger partial charge is 0.170 e. The van der Waals surface area contributed by atoms with Crippen molar-refractivity contribution < 1.29 is 9.94 Å². The minimum Gasteiger partial charge on any atom is -0.495 e. The summed E-state index contributed by atoms with van der Waals surface area (Å²) in [6.07, 6.45) is 0. The van der Waals surface area contributed by atoms with Crippen LogP contribution >= 0.6 is 11.6 Å². The van der Waals surface area contributed by atoms with Gasteiger partial charge in [-0.05, 0) is 29.8 Å². The van der Waals surface area contributed by atoms with Crippen LogP contribution in [0.2, 0.25) is 5.02 Å². The maximum Gasteiger partial charge on any atom is 0.170 e. The quantitative estimate of drug-likeness (QED) is 0.343. The van der Waals surface area contributed by atoms with Crippen molar-refractivity contribution >= 4 is 23.1 Å². The van der Waals surface area contributed by atoms with Gasteiger partial charge in [-0.1, -0.05) is 35.0 Å². The molecule has 6 heteroatoms. The maximum atomic E-state index is 8.69. The van der Waals surface area contributed by atoms with E-state index >= 15 is 0 Å². The molecule has 0 heterocycles. The van der Waals surface area contributed by atoms with Crippen molar-refractivity contribution in [2.75, 3.05) is 12.4 Å². The molecule has 0 amide bonds. The van der Waals surface area contributed by atoms with Crippen LogP contribution in [0, 0.1) is 0 Å². The second kappa shape index (κ2) is 6.85. The van der Waals surface area contributed by atoms with Gasteiger partial charge in [0.25, 0.3) is 0 Å². The Labute approximate surface area is 128 Å². The van der Waals surface area contributed by atoms with Crippen LogP contribution < -0.4 is 15.8 Å². The van der Waals surface area contributed by atoms with Crippen molar-refractivity contribution in [3.05, 3.63) is 58.6 Å². The molecule has 2 aromatic carbocycles. The Bertz CT molecular complexity index is 659. The van der Waals surface area contributed by atoms with Gasteiger partial charge in [-0.25, -0.2) is 0 Å². The lowest BCUT2D eigenvalue weighted by Gasteiger charge is -2.10. The lowest BCUT2D eigenvalue weighted by molar-refractivity contribution is 0.318. The third kappa shape index (κ3) is 3.79. The number of benzene rings is 2. The number of ether oxygens (including phenoxy) is 1. The topological polar surface area (TPSA) is 79.9 Å². The van der Waals surface area contributed by atoms with E-state index in [2.05, 4.69) is 10.5 Å². The van der Waals surface area contributed by atoms with Crippen LogP contribution in [-0.2, 0) is 6.54 Å². The molecule has 4 N–H and O–H groups in total. The highest BCUT2D eigenvalue weighted by Crippen LogP contribution is 2.27. The van der Waals surface area contributed by atoms with Gasteiger partial charge in [-0.15, -0.1) is 0 Å². The van der Waals surface area contributed by atoms with Crippen LogP contribution in [0.25, 0.3) is 0 Å². The number of hydrogen-bond acceptors (Lipinski definition) is 4. The first-order valence-electron chi connectivity index (χ1n) is 6.28. The van der Waals surface area contributed by atoms with E-state index in [0.29, 0.717) is 22.9 Å². The molecule has 0 saturated carbocycles. The van der Waals surface area contributed by atoms with Crippen LogP contribution in [0.4, 0.5) is 5.69 Å². The number of halogens is 1. The van der Waals surface area contributed by atoms with Crippen molar-refractivity contribution in [1.29, 1.82) is 0 Å². The molecule has 2 aromatic rings. The molecule has 0 fully saturated rings. The molecule has 0 aliphatic carbocycles. The van der Waals surface area contributed by atoms with Gasteiger partial charge in [0.1, 0.15) is 5.75 Å². The fourth-order valence-corrected chi connectivity index (χ4v) is 2.14. The Morgan fingerprint density at radius 2 is 2.14 bits per heavy atom. The Balaban J connectivity index is 2.08. The summed E-state index contributed by atoms with van der Waals surface area (Å²) in [5.74, 6) is 0.723. The first-order chi connectivity index (χ1) is 10.1. The van der Waals surface area contributed by atoms with Gasteiger partial charge >= 0.3 is 0 Å². The van der Waals surface area contributed by atoms with Crippen molar-refractivity contribution in [3.8, 4) is 5.75 Å². The standard InChI is InChI=1S/C15H16ClN3O2/c1-21-14-6-5-12(8-13(14)16)18-9-10-3-2-4-11(7-10)15(17)19-20/h2-8,18,20H,9H2,1H3,(H2,17,19). The zero-order chi connectivity index (χ0) is 15.2. The molecule has 5 nitrogen and oxygen atoms in total. The molecule has 0 aliphatic rings. The summed E-state index contributed by atoms with van der Waals surface area (Å²) >= 11 is 6.07. The van der Waals surface area contributed by atoms with Crippen molar-refractivity contribution in [3.63, 3.8) is 0 Å². The van der Waals surface area contributed by atoms with Crippen molar-refractivity contribution in [1.82, 2.24) is 0 Å². The van der Waals surface area contributed by atoms with Crippen LogP contribution in [0.15, 0.2) is 47.6 Å². The van der Waals surface area contributed by atoms with E-state index in [9.17, 15) is 0 Å². The molecule has 0 saturated heterocycles. The predicted octanol–water partition coefficient (Wildman–Crippen LogP) is 3.06. The molecule has 21 heavy (non-hydrogen) atoms. The molecule has 0 aromatic heterocycles. The monoisotopic (exact) mass is 305 g/mol. The van der Waals surface area contributed by atoms with Gasteiger partial charge in [-0.3, -0.25) is 0 Å². The third-order valence-electron chi connectivity index (χ3n) is 2.98. The molecule has 0 atom stereocenters. The van der Waals surface area contributed by atoms with E-state index in [4.69, 9.17) is 27.3 Å². The van der Waals surface area contributed by atoms with E-state index in [1.807, 2.05) is 24.3 Å². The Morgan fingerprint density at radius 3 is 2.81 bits per heavy atom. The Morgan fingerprint density at radius 1 is 1.33 bits per heavy atom. The molecule has 2 rings (SSSR count). The fraction of sp³-hybridized carbons (Fsp3) is 0.133. The predicted molar refractivity (Wildman–Crippen MR) is 84.3 cm³/mol. The van der Waals surface area contributed by atoms with E-state index in [1.165, 1.54) is 0 Å². The lowest BCUT2D eigenvalue weighted by Crippen LogP contribution is -2.13. The highest BCUT2D eigenvalue weighted by atomic mass is 35.5. The van der Waals surface area contributed by atoms with Gasteiger partial charge in [0.2, 0.25) is 0 Å². The largest absolute Gasteiger partial charge is 0.495 e. The fourth-order valence-electron chi connectivity index (χ4n) is 1.88. The van der Waals surface area contributed by atoms with E-state index < -0.39 is 0 Å². The Kier molecular flexibility index (Phi) is 4.90. The van der Waals surface area contributed by atoms with Gasteiger partial charge in [0.05, 0.1) is 12.1 Å². The number of oxime groups is 1. The van der Waals surface area contributed by atoms with Crippen molar-refractivity contribution in [2.24, 2.45) is 10.9 Å². The number of methoxy groups -OCH3 is 1. The Hall–Kier alpha value is -2.40. The number of nitrogens with two attached hydrogens (primary N) is 1. The molecule has 110 valence electrons. The second-order valence-electron chi connectivity index (χ2n) is 4.39. The number of hydrogen-bond donors (Lipinski definition) is 3. The van der Waals surface area contributed by atoms with Gasteiger partial charge in [0, 0.05) is 17.8 Å². The highest BCUT2D eigenvalue weighted by Gasteiger charge is 2.03. The lowest BCUT2D eigenvalue weighted by atomic mass is 10.1. The summed E-state index contributed by atoms with van der Waals surface area (Å²) in [4.78, 5) is 0. The minimum atomic E-state index is 0.0874. The van der Waals surface area contributed by atoms with Crippen molar-refractivity contribution in [2.45, 2.75) is 6.54 Å². The van der Waals surface area contributed by atoms with Gasteiger partial charge in [0.15, 0.2) is 5.84 Å². The summed E-state index contributed by atoms with van der Waals surface area (Å²) in [6, 6.07) is 12.9. The minimum absolute atomic E-state index is 0.0874. The van der Waals surface area contributed by atoms with Crippen LogP contribution in [0.1, 0.15) is 11.1 Å². The average Bonchev–Trinajstić information content (AvgIpc) is 2.52. The number of nitrogens with zero attached hydrogens (tertiary/aromatic N) is 1. The maximum absolute atomic E-state index is 8.69. The average molecular weight is 306 g/mol. The van der Waals surface area contributed by atoms with Gasteiger partial charge in [-0.2, -0.15) is 0 Å². The summed E-state index contributed by atoms with van der Waals surface area (Å²) < 4.78 is 5.11. The third-order valence-corrected chi connectivity index (χ3v) is 3.27. The van der Waals surface area contributed by atoms with E-state index in [-0.39, 0.29) is 5.84 Å². The summed E-state index contributed by atoms with van der Waals surface area (Å²) in [5.41, 5.74) is 8.13. The molecule has 0 unspecified atom stereocenters. The number of anilines is 1. The highest BCUT2D eigenvalue weighted by molar-refractivity contribution is 6.32. The molecule has 0 radical (unpaired) electrons. The number of amidine groups is 1.